The van der Waals surface area contributed by atoms with Crippen LogP contribution >= 0.6 is 23.2 Å². The fraction of sp³-hybridized carbons (Fsp3) is 0.538. The number of rotatable bonds is 6. The molecule has 90 valence electrons. The van der Waals surface area contributed by atoms with Gasteiger partial charge < -0.3 is 5.32 Å². The Morgan fingerprint density at radius 3 is 2.56 bits per heavy atom. The van der Waals surface area contributed by atoms with Crippen molar-refractivity contribution in [1.82, 2.24) is 5.32 Å². The Bertz CT molecular complexity index is 324. The van der Waals surface area contributed by atoms with E-state index in [0.717, 1.165) is 36.0 Å². The van der Waals surface area contributed by atoms with Gasteiger partial charge >= 0.3 is 0 Å². The van der Waals surface area contributed by atoms with Gasteiger partial charge in [0.05, 0.1) is 0 Å². The van der Waals surface area contributed by atoms with Gasteiger partial charge in [-0.1, -0.05) is 43.1 Å². The Kier molecular flexibility index (Phi) is 6.18. The molecule has 0 bridgehead atoms. The minimum Gasteiger partial charge on any atom is -0.316 e. The Morgan fingerprint density at radius 1 is 1.19 bits per heavy atom. The first-order valence-electron chi connectivity index (χ1n) is 5.74. The first-order chi connectivity index (χ1) is 7.59. The molecular formula is C13H19Cl2N. The van der Waals surface area contributed by atoms with Gasteiger partial charge in [-0.2, -0.15) is 0 Å². The highest BCUT2D eigenvalue weighted by Gasteiger charge is 2.00. The summed E-state index contributed by atoms with van der Waals surface area (Å²) < 4.78 is 0. The smallest absolute Gasteiger partial charge is 0.0453 e. The molecule has 1 aromatic carbocycles. The maximum absolute atomic E-state index is 6.08. The van der Waals surface area contributed by atoms with Crippen molar-refractivity contribution in [2.75, 3.05) is 13.1 Å². The zero-order valence-electron chi connectivity index (χ0n) is 9.89. The molecule has 3 heteroatoms. The Balaban J connectivity index is 2.27. The lowest BCUT2D eigenvalue weighted by atomic mass is 10.1. The van der Waals surface area contributed by atoms with E-state index in [9.17, 15) is 0 Å². The van der Waals surface area contributed by atoms with E-state index in [0.29, 0.717) is 5.02 Å². The molecule has 0 aliphatic rings. The molecule has 0 heterocycles. The van der Waals surface area contributed by atoms with Crippen LogP contribution < -0.4 is 5.32 Å². The van der Waals surface area contributed by atoms with Crippen LogP contribution in [0.1, 0.15) is 25.8 Å². The standard InChI is InChI=1S/C13H19Cl2N/c1-10(2)5-7-16-8-6-11-3-4-12(14)9-13(11)15/h3-4,9-10,16H,5-8H2,1-2H3. The van der Waals surface area contributed by atoms with Crippen LogP contribution in [-0.2, 0) is 6.42 Å². The summed E-state index contributed by atoms with van der Waals surface area (Å²) >= 11 is 11.9. The normalized spacial score (nSPS) is 11.1. The van der Waals surface area contributed by atoms with Crippen molar-refractivity contribution < 1.29 is 0 Å². The summed E-state index contributed by atoms with van der Waals surface area (Å²) in [6.45, 7) is 6.51. The minimum absolute atomic E-state index is 0.696. The molecule has 1 rings (SSSR count). The first-order valence-corrected chi connectivity index (χ1v) is 6.50. The fourth-order valence-electron chi connectivity index (χ4n) is 1.46. The maximum atomic E-state index is 6.08. The van der Waals surface area contributed by atoms with Gasteiger partial charge in [0.15, 0.2) is 0 Å². The van der Waals surface area contributed by atoms with Crippen molar-refractivity contribution in [2.45, 2.75) is 26.7 Å². The van der Waals surface area contributed by atoms with Gasteiger partial charge in [-0.05, 0) is 49.5 Å². The maximum Gasteiger partial charge on any atom is 0.0453 e. The molecule has 0 spiro atoms. The average Bonchev–Trinajstić information content (AvgIpc) is 2.20. The van der Waals surface area contributed by atoms with Gasteiger partial charge in [0.1, 0.15) is 0 Å². The molecule has 0 amide bonds. The number of benzene rings is 1. The lowest BCUT2D eigenvalue weighted by molar-refractivity contribution is 0.539. The fourth-order valence-corrected chi connectivity index (χ4v) is 1.97. The van der Waals surface area contributed by atoms with E-state index in [1.807, 2.05) is 12.1 Å². The second kappa shape index (κ2) is 7.16. The minimum atomic E-state index is 0.696. The van der Waals surface area contributed by atoms with E-state index in [1.165, 1.54) is 6.42 Å². The summed E-state index contributed by atoms with van der Waals surface area (Å²) in [7, 11) is 0. The Hall–Kier alpha value is -0.240. The van der Waals surface area contributed by atoms with Gasteiger partial charge in [0, 0.05) is 10.0 Å². The van der Waals surface area contributed by atoms with E-state index in [-0.39, 0.29) is 0 Å². The summed E-state index contributed by atoms with van der Waals surface area (Å²) in [5.41, 5.74) is 1.16. The molecule has 0 aliphatic carbocycles. The highest BCUT2D eigenvalue weighted by Crippen LogP contribution is 2.20. The monoisotopic (exact) mass is 259 g/mol. The van der Waals surface area contributed by atoms with Crippen LogP contribution in [0.15, 0.2) is 18.2 Å². The van der Waals surface area contributed by atoms with Crippen LogP contribution in [0.5, 0.6) is 0 Å². The number of nitrogens with one attached hydrogen (secondary N) is 1. The first kappa shape index (κ1) is 13.8. The molecule has 16 heavy (non-hydrogen) atoms. The van der Waals surface area contributed by atoms with Crippen molar-refractivity contribution >= 4 is 23.2 Å². The van der Waals surface area contributed by atoms with Gasteiger partial charge in [0.2, 0.25) is 0 Å². The number of hydrogen-bond donors (Lipinski definition) is 1. The van der Waals surface area contributed by atoms with Gasteiger partial charge in [-0.3, -0.25) is 0 Å². The van der Waals surface area contributed by atoms with Crippen molar-refractivity contribution in [1.29, 1.82) is 0 Å². The highest BCUT2D eigenvalue weighted by molar-refractivity contribution is 6.35. The molecule has 0 fully saturated rings. The molecule has 1 aromatic rings. The van der Waals surface area contributed by atoms with Crippen molar-refractivity contribution in [3.63, 3.8) is 0 Å². The lowest BCUT2D eigenvalue weighted by Gasteiger charge is -2.08. The average molecular weight is 260 g/mol. The van der Waals surface area contributed by atoms with Gasteiger partial charge in [0.25, 0.3) is 0 Å². The summed E-state index contributed by atoms with van der Waals surface area (Å²) in [6, 6.07) is 5.68. The zero-order chi connectivity index (χ0) is 12.0. The van der Waals surface area contributed by atoms with Crippen LogP contribution in [0.25, 0.3) is 0 Å². The molecule has 0 atom stereocenters. The molecular weight excluding hydrogens is 241 g/mol. The van der Waals surface area contributed by atoms with Crippen molar-refractivity contribution in [3.05, 3.63) is 33.8 Å². The molecule has 0 saturated carbocycles. The second-order valence-electron chi connectivity index (χ2n) is 4.42. The van der Waals surface area contributed by atoms with E-state index in [2.05, 4.69) is 19.2 Å². The molecule has 0 aliphatic heterocycles. The lowest BCUT2D eigenvalue weighted by Crippen LogP contribution is -2.19. The topological polar surface area (TPSA) is 12.0 Å². The van der Waals surface area contributed by atoms with E-state index < -0.39 is 0 Å². The van der Waals surface area contributed by atoms with Crippen LogP contribution in [0.2, 0.25) is 10.0 Å². The summed E-state index contributed by atoms with van der Waals surface area (Å²) in [5, 5.41) is 4.87. The largest absolute Gasteiger partial charge is 0.316 e. The molecule has 1 N–H and O–H groups in total. The molecule has 1 nitrogen and oxygen atoms in total. The van der Waals surface area contributed by atoms with Gasteiger partial charge in [-0.25, -0.2) is 0 Å². The van der Waals surface area contributed by atoms with Crippen molar-refractivity contribution in [2.24, 2.45) is 5.92 Å². The second-order valence-corrected chi connectivity index (χ2v) is 5.26. The van der Waals surface area contributed by atoms with Crippen LogP contribution in [-0.4, -0.2) is 13.1 Å². The highest BCUT2D eigenvalue weighted by atomic mass is 35.5. The summed E-state index contributed by atoms with van der Waals surface area (Å²) in [4.78, 5) is 0. The van der Waals surface area contributed by atoms with Crippen molar-refractivity contribution in [3.8, 4) is 0 Å². The summed E-state index contributed by atoms with van der Waals surface area (Å²) in [6.07, 6.45) is 2.17. The van der Waals surface area contributed by atoms with E-state index >= 15 is 0 Å². The molecule has 0 aromatic heterocycles. The van der Waals surface area contributed by atoms with E-state index in [4.69, 9.17) is 23.2 Å². The predicted molar refractivity (Wildman–Crippen MR) is 72.5 cm³/mol. The van der Waals surface area contributed by atoms with Crippen LogP contribution in [0.3, 0.4) is 0 Å². The SMILES string of the molecule is CC(C)CCNCCc1ccc(Cl)cc1Cl. The van der Waals surface area contributed by atoms with Crippen LogP contribution in [0.4, 0.5) is 0 Å². The third kappa shape index (κ3) is 5.20. The van der Waals surface area contributed by atoms with Crippen LogP contribution in [0, 0.1) is 5.92 Å². The molecule has 0 unspecified atom stereocenters. The Labute approximate surface area is 108 Å². The predicted octanol–water partition coefficient (Wildman–Crippen LogP) is 4.17. The number of halogens is 2. The quantitative estimate of drug-likeness (QED) is 0.757. The number of hydrogen-bond acceptors (Lipinski definition) is 1. The Morgan fingerprint density at radius 2 is 1.94 bits per heavy atom. The third-order valence-corrected chi connectivity index (χ3v) is 3.07. The molecule has 0 saturated heterocycles. The van der Waals surface area contributed by atoms with E-state index in [1.54, 1.807) is 6.07 Å². The van der Waals surface area contributed by atoms with Gasteiger partial charge in [-0.15, -0.1) is 0 Å². The summed E-state index contributed by atoms with van der Waals surface area (Å²) in [5.74, 6) is 0.756. The zero-order valence-corrected chi connectivity index (χ0v) is 11.4. The third-order valence-electron chi connectivity index (χ3n) is 2.48. The molecule has 0 radical (unpaired) electrons.